The van der Waals surface area contributed by atoms with Crippen molar-refractivity contribution in [2.75, 3.05) is 26.2 Å². The average Bonchev–Trinajstić information content (AvgIpc) is 2.81. The molecule has 160 valence electrons. The lowest BCUT2D eigenvalue weighted by atomic mass is 10.0. The van der Waals surface area contributed by atoms with E-state index in [1.165, 1.54) is 18.2 Å². The van der Waals surface area contributed by atoms with Crippen LogP contribution >= 0.6 is 0 Å². The van der Waals surface area contributed by atoms with Gasteiger partial charge >= 0.3 is 0 Å². The van der Waals surface area contributed by atoms with Crippen LogP contribution in [0.1, 0.15) is 29.9 Å². The van der Waals surface area contributed by atoms with Crippen LogP contribution in [0.3, 0.4) is 0 Å². The lowest BCUT2D eigenvalue weighted by Gasteiger charge is -2.41. The Labute approximate surface area is 181 Å². The number of aromatic nitrogens is 1. The van der Waals surface area contributed by atoms with Gasteiger partial charge < -0.3 is 14.9 Å². The van der Waals surface area contributed by atoms with Crippen LogP contribution in [0.2, 0.25) is 0 Å². The maximum Gasteiger partial charge on any atom is 0.246 e. The van der Waals surface area contributed by atoms with Crippen molar-refractivity contribution in [2.24, 2.45) is 0 Å². The zero-order valence-corrected chi connectivity index (χ0v) is 17.3. The summed E-state index contributed by atoms with van der Waals surface area (Å²) in [6, 6.07) is 14.8. The van der Waals surface area contributed by atoms with E-state index in [0.29, 0.717) is 31.0 Å². The number of pyridine rings is 1. The number of rotatable bonds is 6. The Morgan fingerprint density at radius 2 is 1.68 bits per heavy atom. The van der Waals surface area contributed by atoms with E-state index in [-0.39, 0.29) is 17.9 Å². The van der Waals surface area contributed by atoms with Gasteiger partial charge in [0.25, 0.3) is 0 Å². The molecule has 2 amide bonds. The first-order chi connectivity index (χ1) is 15.0. The van der Waals surface area contributed by atoms with Crippen molar-refractivity contribution in [3.63, 3.8) is 0 Å². The van der Waals surface area contributed by atoms with Crippen molar-refractivity contribution < 1.29 is 19.5 Å². The summed E-state index contributed by atoms with van der Waals surface area (Å²) in [5, 5.41) is 8.78. The predicted octanol–water partition coefficient (Wildman–Crippen LogP) is 2.10. The zero-order valence-electron chi connectivity index (χ0n) is 17.3. The van der Waals surface area contributed by atoms with Crippen molar-refractivity contribution in [1.29, 1.82) is 0 Å². The largest absolute Gasteiger partial charge is 0.388 e. The quantitative estimate of drug-likeness (QED) is 0.724. The highest BCUT2D eigenvalue weighted by Crippen LogP contribution is 2.25. The SMILES string of the molecule is CC(=O)N1CCN(C(=O)/C=C/c2cccc(/C=C/C(=O)CO)n2)CC1c1ccccc1. The molecule has 1 atom stereocenters. The van der Waals surface area contributed by atoms with Crippen molar-refractivity contribution >= 4 is 29.7 Å². The standard InChI is InChI=1S/C24H25N3O4/c1-18(29)27-15-14-26(16-23(27)19-6-3-2-4-7-19)24(31)13-11-21-9-5-8-20(25-21)10-12-22(30)17-28/h2-13,23,28H,14-17H2,1H3/b12-10+,13-11+. The van der Waals surface area contributed by atoms with Crippen LogP contribution in [0, 0.1) is 0 Å². The van der Waals surface area contributed by atoms with Crippen LogP contribution in [0.25, 0.3) is 12.2 Å². The lowest BCUT2D eigenvalue weighted by Crippen LogP contribution is -2.51. The summed E-state index contributed by atoms with van der Waals surface area (Å²) in [6.07, 6.45) is 5.88. The van der Waals surface area contributed by atoms with Crippen LogP contribution in [0.5, 0.6) is 0 Å². The number of nitrogens with zero attached hydrogens (tertiary/aromatic N) is 3. The zero-order chi connectivity index (χ0) is 22.2. The molecule has 1 aromatic carbocycles. The van der Waals surface area contributed by atoms with Crippen molar-refractivity contribution in [3.05, 3.63) is 77.6 Å². The summed E-state index contributed by atoms with van der Waals surface area (Å²) in [7, 11) is 0. The molecule has 0 radical (unpaired) electrons. The lowest BCUT2D eigenvalue weighted by molar-refractivity contribution is -0.139. The third kappa shape index (κ3) is 5.96. The Kier molecular flexibility index (Phi) is 7.45. The topological polar surface area (TPSA) is 90.8 Å². The number of piperazine rings is 1. The molecule has 2 aromatic rings. The fraction of sp³-hybridized carbons (Fsp3) is 0.250. The van der Waals surface area contributed by atoms with E-state index in [0.717, 1.165) is 5.56 Å². The third-order valence-electron chi connectivity index (χ3n) is 5.07. The maximum atomic E-state index is 12.8. The van der Waals surface area contributed by atoms with Gasteiger partial charge in [-0.1, -0.05) is 36.4 Å². The van der Waals surface area contributed by atoms with E-state index in [9.17, 15) is 14.4 Å². The van der Waals surface area contributed by atoms with Gasteiger partial charge in [0, 0.05) is 32.6 Å². The second kappa shape index (κ2) is 10.4. The normalized spacial score (nSPS) is 16.8. The molecule has 2 heterocycles. The molecule has 1 fully saturated rings. The minimum absolute atomic E-state index is 0.00903. The summed E-state index contributed by atoms with van der Waals surface area (Å²) in [5.41, 5.74) is 2.13. The van der Waals surface area contributed by atoms with Gasteiger partial charge in [0.15, 0.2) is 5.78 Å². The van der Waals surface area contributed by atoms with Crippen LogP contribution in [0.15, 0.2) is 60.7 Å². The molecule has 0 aliphatic carbocycles. The van der Waals surface area contributed by atoms with Gasteiger partial charge in [0.05, 0.1) is 17.4 Å². The molecule has 0 saturated carbocycles. The van der Waals surface area contributed by atoms with E-state index < -0.39 is 12.4 Å². The van der Waals surface area contributed by atoms with Crippen LogP contribution in [0.4, 0.5) is 0 Å². The number of aliphatic hydroxyl groups is 1. The second-order valence-electron chi connectivity index (χ2n) is 7.20. The first-order valence-corrected chi connectivity index (χ1v) is 10.1. The molecule has 1 aliphatic heterocycles. The highest BCUT2D eigenvalue weighted by atomic mass is 16.3. The second-order valence-corrected chi connectivity index (χ2v) is 7.20. The predicted molar refractivity (Wildman–Crippen MR) is 118 cm³/mol. The van der Waals surface area contributed by atoms with E-state index in [2.05, 4.69) is 4.98 Å². The number of carbonyl (C=O) groups is 3. The van der Waals surface area contributed by atoms with E-state index in [1.54, 1.807) is 41.0 Å². The number of amides is 2. The number of aliphatic hydroxyl groups excluding tert-OH is 1. The summed E-state index contributed by atoms with van der Waals surface area (Å²) in [6.45, 7) is 2.36. The van der Waals surface area contributed by atoms with E-state index >= 15 is 0 Å². The van der Waals surface area contributed by atoms with Crippen molar-refractivity contribution in [2.45, 2.75) is 13.0 Å². The monoisotopic (exact) mass is 419 g/mol. The highest BCUT2D eigenvalue weighted by Gasteiger charge is 2.31. The Morgan fingerprint density at radius 1 is 1.00 bits per heavy atom. The number of benzene rings is 1. The molecule has 1 N–H and O–H groups in total. The number of hydrogen-bond acceptors (Lipinski definition) is 5. The molecular weight excluding hydrogens is 394 g/mol. The fourth-order valence-corrected chi connectivity index (χ4v) is 3.47. The van der Waals surface area contributed by atoms with Gasteiger partial charge in [-0.3, -0.25) is 14.4 Å². The molecular formula is C24H25N3O4. The number of carbonyl (C=O) groups excluding carboxylic acids is 3. The van der Waals surface area contributed by atoms with Gasteiger partial charge in [0.2, 0.25) is 11.8 Å². The summed E-state index contributed by atoms with van der Waals surface area (Å²) < 4.78 is 0. The molecule has 1 aromatic heterocycles. The Balaban J connectivity index is 1.70. The van der Waals surface area contributed by atoms with Gasteiger partial charge in [-0.05, 0) is 35.9 Å². The smallest absolute Gasteiger partial charge is 0.246 e. The van der Waals surface area contributed by atoms with Gasteiger partial charge in [-0.2, -0.15) is 0 Å². The summed E-state index contributed by atoms with van der Waals surface area (Å²) in [4.78, 5) is 44.0. The average molecular weight is 419 g/mol. The van der Waals surface area contributed by atoms with Gasteiger partial charge in [0.1, 0.15) is 6.61 Å². The first kappa shape index (κ1) is 22.1. The molecule has 0 bridgehead atoms. The Morgan fingerprint density at radius 3 is 2.32 bits per heavy atom. The highest BCUT2D eigenvalue weighted by molar-refractivity contribution is 5.94. The Hall–Kier alpha value is -3.58. The minimum Gasteiger partial charge on any atom is -0.388 e. The van der Waals surface area contributed by atoms with Crippen LogP contribution in [-0.4, -0.2) is 63.7 Å². The minimum atomic E-state index is -0.550. The molecule has 7 heteroatoms. The molecule has 7 nitrogen and oxygen atoms in total. The van der Waals surface area contributed by atoms with Gasteiger partial charge in [-0.25, -0.2) is 4.98 Å². The summed E-state index contributed by atoms with van der Waals surface area (Å²) in [5.74, 6) is -0.567. The van der Waals surface area contributed by atoms with Crippen LogP contribution < -0.4 is 0 Å². The van der Waals surface area contributed by atoms with Crippen molar-refractivity contribution in [3.8, 4) is 0 Å². The summed E-state index contributed by atoms with van der Waals surface area (Å²) >= 11 is 0. The third-order valence-corrected chi connectivity index (χ3v) is 5.07. The number of ketones is 1. The van der Waals surface area contributed by atoms with Gasteiger partial charge in [-0.15, -0.1) is 0 Å². The van der Waals surface area contributed by atoms with Crippen molar-refractivity contribution in [1.82, 2.24) is 14.8 Å². The first-order valence-electron chi connectivity index (χ1n) is 10.1. The maximum absolute atomic E-state index is 12.8. The van der Waals surface area contributed by atoms with Crippen LogP contribution in [-0.2, 0) is 14.4 Å². The fourth-order valence-electron chi connectivity index (χ4n) is 3.47. The Bertz CT molecular complexity index is 1000. The molecule has 31 heavy (non-hydrogen) atoms. The molecule has 3 rings (SSSR count). The molecule has 0 spiro atoms. The molecule has 1 saturated heterocycles. The van der Waals surface area contributed by atoms with E-state index in [1.807, 2.05) is 30.3 Å². The van der Waals surface area contributed by atoms with E-state index in [4.69, 9.17) is 5.11 Å². The molecule has 1 aliphatic rings. The number of hydrogen-bond donors (Lipinski definition) is 1. The molecule has 1 unspecified atom stereocenters.